The number of aryl methyl sites for hydroxylation is 2. The second kappa shape index (κ2) is 6.01. The molecule has 1 atom stereocenters. The van der Waals surface area contributed by atoms with Crippen molar-refractivity contribution in [1.82, 2.24) is 4.98 Å². The molecule has 4 heteroatoms. The minimum Gasteiger partial charge on any atom is -0.452 e. The summed E-state index contributed by atoms with van der Waals surface area (Å²) < 4.78 is 19.7. The topological polar surface area (TPSA) is 48.1 Å². The molecule has 106 valence electrons. The maximum Gasteiger partial charge on any atom is 0.166 e. The van der Waals surface area contributed by atoms with Gasteiger partial charge in [0, 0.05) is 11.7 Å². The van der Waals surface area contributed by atoms with Crippen LogP contribution in [0.5, 0.6) is 11.5 Å². The molecular weight excluding hydrogens is 255 g/mol. The van der Waals surface area contributed by atoms with E-state index in [0.717, 1.165) is 23.4 Å². The molecule has 1 aromatic carbocycles. The number of nitrogens with two attached hydrogens (primary N) is 1. The van der Waals surface area contributed by atoms with Gasteiger partial charge in [-0.15, -0.1) is 0 Å². The molecular formula is C16H19FN2O. The number of benzene rings is 1. The Hall–Kier alpha value is -1.94. The highest BCUT2D eigenvalue weighted by atomic mass is 19.1. The molecule has 0 spiro atoms. The highest BCUT2D eigenvalue weighted by molar-refractivity contribution is 5.37. The third-order valence-electron chi connectivity index (χ3n) is 3.11. The van der Waals surface area contributed by atoms with Gasteiger partial charge in [0.25, 0.3) is 0 Å². The fourth-order valence-corrected chi connectivity index (χ4v) is 1.95. The van der Waals surface area contributed by atoms with Crippen LogP contribution in [0.25, 0.3) is 0 Å². The standard InChI is InChI=1S/C16H19FN2O/c1-4-14-16(7-5-10(2)19-14)20-15-8-6-12(11(3)18)9-13(15)17/h5-9,11H,4,18H2,1-3H3/t11-/m1/s1. The molecule has 0 radical (unpaired) electrons. The van der Waals surface area contributed by atoms with Crippen LogP contribution in [0, 0.1) is 12.7 Å². The molecule has 0 aliphatic carbocycles. The van der Waals surface area contributed by atoms with Gasteiger partial charge in [-0.3, -0.25) is 4.98 Å². The second-order valence-electron chi connectivity index (χ2n) is 4.83. The number of aromatic nitrogens is 1. The fourth-order valence-electron chi connectivity index (χ4n) is 1.95. The quantitative estimate of drug-likeness (QED) is 0.919. The van der Waals surface area contributed by atoms with Gasteiger partial charge in [-0.05, 0) is 50.1 Å². The van der Waals surface area contributed by atoms with Crippen LogP contribution in [0.4, 0.5) is 4.39 Å². The summed E-state index contributed by atoms with van der Waals surface area (Å²) in [5.41, 5.74) is 8.21. The van der Waals surface area contributed by atoms with Crippen molar-refractivity contribution in [2.45, 2.75) is 33.2 Å². The molecule has 0 unspecified atom stereocenters. The lowest BCUT2D eigenvalue weighted by Gasteiger charge is -2.12. The van der Waals surface area contributed by atoms with Crippen molar-refractivity contribution in [2.75, 3.05) is 0 Å². The summed E-state index contributed by atoms with van der Waals surface area (Å²) >= 11 is 0. The molecule has 0 saturated heterocycles. The van der Waals surface area contributed by atoms with Crippen LogP contribution in [-0.4, -0.2) is 4.98 Å². The Kier molecular flexibility index (Phi) is 4.35. The van der Waals surface area contributed by atoms with Crippen molar-refractivity contribution in [3.05, 3.63) is 53.1 Å². The number of pyridine rings is 1. The number of rotatable bonds is 4. The molecule has 0 saturated carbocycles. The van der Waals surface area contributed by atoms with E-state index < -0.39 is 5.82 Å². The lowest BCUT2D eigenvalue weighted by molar-refractivity contribution is 0.434. The molecule has 3 nitrogen and oxygen atoms in total. The summed E-state index contributed by atoms with van der Waals surface area (Å²) in [6, 6.07) is 8.26. The first-order chi connectivity index (χ1) is 9.51. The summed E-state index contributed by atoms with van der Waals surface area (Å²) in [4.78, 5) is 4.40. The molecule has 20 heavy (non-hydrogen) atoms. The maximum atomic E-state index is 14.0. The van der Waals surface area contributed by atoms with Crippen LogP contribution in [0.3, 0.4) is 0 Å². The molecule has 0 aliphatic heterocycles. The fraction of sp³-hybridized carbons (Fsp3) is 0.312. The lowest BCUT2D eigenvalue weighted by atomic mass is 10.1. The molecule has 2 rings (SSSR count). The number of hydrogen-bond acceptors (Lipinski definition) is 3. The normalized spacial score (nSPS) is 12.2. The highest BCUT2D eigenvalue weighted by Gasteiger charge is 2.11. The Balaban J connectivity index is 2.30. The molecule has 2 aromatic rings. The van der Waals surface area contributed by atoms with Gasteiger partial charge in [0.15, 0.2) is 11.6 Å². The van der Waals surface area contributed by atoms with E-state index in [9.17, 15) is 4.39 Å². The number of hydrogen-bond donors (Lipinski definition) is 1. The van der Waals surface area contributed by atoms with Crippen LogP contribution < -0.4 is 10.5 Å². The Morgan fingerprint density at radius 3 is 2.55 bits per heavy atom. The first-order valence-electron chi connectivity index (χ1n) is 6.70. The zero-order valence-corrected chi connectivity index (χ0v) is 12.0. The molecule has 2 N–H and O–H groups in total. The zero-order valence-electron chi connectivity index (χ0n) is 12.0. The zero-order chi connectivity index (χ0) is 14.7. The average molecular weight is 274 g/mol. The Morgan fingerprint density at radius 2 is 1.95 bits per heavy atom. The van der Waals surface area contributed by atoms with Crippen molar-refractivity contribution >= 4 is 0 Å². The van der Waals surface area contributed by atoms with E-state index in [1.165, 1.54) is 6.07 Å². The van der Waals surface area contributed by atoms with Crippen LogP contribution in [0.15, 0.2) is 30.3 Å². The Labute approximate surface area is 118 Å². The second-order valence-corrected chi connectivity index (χ2v) is 4.83. The van der Waals surface area contributed by atoms with Crippen molar-refractivity contribution in [3.8, 4) is 11.5 Å². The SMILES string of the molecule is CCc1nc(C)ccc1Oc1ccc([C@@H](C)N)cc1F. The van der Waals surface area contributed by atoms with E-state index in [4.69, 9.17) is 10.5 Å². The van der Waals surface area contributed by atoms with Crippen LogP contribution in [-0.2, 0) is 6.42 Å². The lowest BCUT2D eigenvalue weighted by Crippen LogP contribution is -2.05. The molecule has 0 fully saturated rings. The van der Waals surface area contributed by atoms with E-state index in [1.54, 1.807) is 12.1 Å². The Morgan fingerprint density at radius 1 is 1.25 bits per heavy atom. The van der Waals surface area contributed by atoms with E-state index >= 15 is 0 Å². The summed E-state index contributed by atoms with van der Waals surface area (Å²) in [6.07, 6.45) is 0.733. The third kappa shape index (κ3) is 3.14. The van der Waals surface area contributed by atoms with Gasteiger partial charge in [0.1, 0.15) is 5.75 Å². The largest absolute Gasteiger partial charge is 0.452 e. The predicted octanol–water partition coefficient (Wildman–Crippen LogP) is 3.90. The van der Waals surface area contributed by atoms with Crippen LogP contribution >= 0.6 is 0 Å². The van der Waals surface area contributed by atoms with Crippen molar-refractivity contribution < 1.29 is 9.13 Å². The molecule has 0 bridgehead atoms. The first-order valence-corrected chi connectivity index (χ1v) is 6.70. The van der Waals surface area contributed by atoms with E-state index in [0.29, 0.717) is 5.75 Å². The molecule has 1 aromatic heterocycles. The first kappa shape index (κ1) is 14.5. The smallest absolute Gasteiger partial charge is 0.166 e. The van der Waals surface area contributed by atoms with E-state index in [-0.39, 0.29) is 11.8 Å². The monoisotopic (exact) mass is 274 g/mol. The number of halogens is 1. The average Bonchev–Trinajstić information content (AvgIpc) is 2.42. The summed E-state index contributed by atoms with van der Waals surface area (Å²) in [5, 5.41) is 0. The van der Waals surface area contributed by atoms with Crippen molar-refractivity contribution in [3.63, 3.8) is 0 Å². The summed E-state index contributed by atoms with van der Waals surface area (Å²) in [5.74, 6) is 0.364. The number of ether oxygens (including phenoxy) is 1. The summed E-state index contributed by atoms with van der Waals surface area (Å²) in [7, 11) is 0. The van der Waals surface area contributed by atoms with Gasteiger partial charge < -0.3 is 10.5 Å². The van der Waals surface area contributed by atoms with Gasteiger partial charge in [-0.2, -0.15) is 0 Å². The van der Waals surface area contributed by atoms with E-state index in [1.807, 2.05) is 32.9 Å². The van der Waals surface area contributed by atoms with E-state index in [2.05, 4.69) is 4.98 Å². The van der Waals surface area contributed by atoms with Gasteiger partial charge in [0.05, 0.1) is 5.69 Å². The highest BCUT2D eigenvalue weighted by Crippen LogP contribution is 2.28. The van der Waals surface area contributed by atoms with Crippen molar-refractivity contribution in [2.24, 2.45) is 5.73 Å². The van der Waals surface area contributed by atoms with Gasteiger partial charge in [-0.25, -0.2) is 4.39 Å². The minimum absolute atomic E-state index is 0.190. The third-order valence-corrected chi connectivity index (χ3v) is 3.11. The number of nitrogens with zero attached hydrogens (tertiary/aromatic N) is 1. The maximum absolute atomic E-state index is 14.0. The Bertz CT molecular complexity index is 611. The van der Waals surface area contributed by atoms with Gasteiger partial charge in [-0.1, -0.05) is 13.0 Å². The van der Waals surface area contributed by atoms with Crippen LogP contribution in [0.2, 0.25) is 0 Å². The minimum atomic E-state index is -0.414. The molecule has 0 amide bonds. The molecule has 0 aliphatic rings. The van der Waals surface area contributed by atoms with Crippen LogP contribution in [0.1, 0.15) is 36.8 Å². The predicted molar refractivity (Wildman–Crippen MR) is 77.4 cm³/mol. The molecule has 1 heterocycles. The van der Waals surface area contributed by atoms with Gasteiger partial charge in [0.2, 0.25) is 0 Å². The van der Waals surface area contributed by atoms with Gasteiger partial charge >= 0.3 is 0 Å². The van der Waals surface area contributed by atoms with Crippen molar-refractivity contribution in [1.29, 1.82) is 0 Å². The summed E-state index contributed by atoms with van der Waals surface area (Å²) in [6.45, 7) is 5.72.